The number of hydrogen-bond acceptors (Lipinski definition) is 15. The smallest absolute Gasteiger partial charge is 0.462 e. The fourth-order valence-electron chi connectivity index (χ4n) is 10.9. The molecule has 0 saturated carbocycles. The van der Waals surface area contributed by atoms with Gasteiger partial charge in [0, 0.05) is 25.7 Å². The number of aliphatic hydroxyl groups excluding tert-OH is 1. The van der Waals surface area contributed by atoms with E-state index in [2.05, 4.69) is 72.8 Å². The molecule has 3 N–H and O–H groups in total. The predicted molar refractivity (Wildman–Crippen MR) is 381 cm³/mol. The Bertz CT molecular complexity index is 1930. The highest BCUT2D eigenvalue weighted by Crippen LogP contribution is 2.45. The maximum absolute atomic E-state index is 13.0. The van der Waals surface area contributed by atoms with Crippen LogP contribution in [-0.2, 0) is 65.4 Å². The molecule has 0 fully saturated rings. The summed E-state index contributed by atoms with van der Waals surface area (Å²) in [6.07, 6.45) is 53.8. The van der Waals surface area contributed by atoms with E-state index in [1.165, 1.54) is 148 Å². The van der Waals surface area contributed by atoms with Crippen LogP contribution in [0.5, 0.6) is 0 Å². The Morgan fingerprint density at radius 2 is 0.628 bits per heavy atom. The minimum Gasteiger partial charge on any atom is -0.462 e. The first-order valence-corrected chi connectivity index (χ1v) is 41.2. The van der Waals surface area contributed by atoms with Crippen LogP contribution in [0.3, 0.4) is 0 Å². The molecule has 0 aromatic carbocycles. The number of aliphatic hydroxyl groups is 1. The van der Waals surface area contributed by atoms with Crippen molar-refractivity contribution < 1.29 is 80.2 Å². The van der Waals surface area contributed by atoms with Crippen LogP contribution < -0.4 is 0 Å². The van der Waals surface area contributed by atoms with Gasteiger partial charge in [0.25, 0.3) is 0 Å². The molecule has 0 bridgehead atoms. The van der Waals surface area contributed by atoms with Gasteiger partial charge < -0.3 is 33.8 Å². The lowest BCUT2D eigenvalue weighted by atomic mass is 10.00. The molecule has 94 heavy (non-hydrogen) atoms. The van der Waals surface area contributed by atoms with Gasteiger partial charge in [-0.15, -0.1) is 0 Å². The van der Waals surface area contributed by atoms with Gasteiger partial charge in [-0.1, -0.05) is 304 Å². The summed E-state index contributed by atoms with van der Waals surface area (Å²) in [5.41, 5.74) is 0. The van der Waals surface area contributed by atoms with E-state index in [1.807, 2.05) is 0 Å². The van der Waals surface area contributed by atoms with Crippen LogP contribution in [0.1, 0.15) is 357 Å². The lowest BCUT2D eigenvalue weighted by Gasteiger charge is -2.21. The monoisotopic (exact) mass is 1380 g/mol. The molecule has 0 aromatic heterocycles. The highest BCUT2D eigenvalue weighted by atomic mass is 31.2. The van der Waals surface area contributed by atoms with Crippen molar-refractivity contribution >= 4 is 39.5 Å². The molecule has 0 aromatic rings. The molecular weight excluding hydrogens is 1230 g/mol. The number of phosphoric acid groups is 2. The Hall–Kier alpha value is -2.46. The summed E-state index contributed by atoms with van der Waals surface area (Å²) in [5, 5.41) is 10.6. The van der Waals surface area contributed by atoms with Gasteiger partial charge in [0.1, 0.15) is 19.3 Å². The van der Waals surface area contributed by atoms with Gasteiger partial charge in [-0.25, -0.2) is 9.13 Å². The Kier molecular flexibility index (Phi) is 63.5. The second-order valence-corrected chi connectivity index (χ2v) is 30.5. The molecule has 0 saturated heterocycles. The average molecular weight is 1380 g/mol. The third-order valence-corrected chi connectivity index (χ3v) is 19.0. The summed E-state index contributed by atoms with van der Waals surface area (Å²) in [7, 11) is -9.92. The van der Waals surface area contributed by atoms with E-state index in [9.17, 15) is 43.2 Å². The van der Waals surface area contributed by atoms with Gasteiger partial charge in [-0.2, -0.15) is 0 Å². The Labute approximate surface area is 573 Å². The number of allylic oxidation sites excluding steroid dienone is 4. The van der Waals surface area contributed by atoms with Crippen molar-refractivity contribution in [3.05, 3.63) is 24.3 Å². The maximum Gasteiger partial charge on any atom is 0.472 e. The lowest BCUT2D eigenvalue weighted by molar-refractivity contribution is -0.161. The summed E-state index contributed by atoms with van der Waals surface area (Å²) in [6.45, 7) is 11.7. The van der Waals surface area contributed by atoms with Gasteiger partial charge in [-0.3, -0.25) is 37.3 Å². The van der Waals surface area contributed by atoms with Gasteiger partial charge in [-0.05, 0) is 69.1 Å². The van der Waals surface area contributed by atoms with Crippen LogP contribution in [0.4, 0.5) is 0 Å². The number of carbonyl (C=O) groups excluding carboxylic acids is 4. The third kappa shape index (κ3) is 66.8. The van der Waals surface area contributed by atoms with Gasteiger partial charge in [0.15, 0.2) is 12.2 Å². The molecule has 0 amide bonds. The molecule has 0 rings (SSSR count). The fraction of sp³-hybridized carbons (Fsp3) is 0.893. The molecule has 19 heteroatoms. The number of hydrogen-bond donors (Lipinski definition) is 3. The second-order valence-electron chi connectivity index (χ2n) is 27.5. The van der Waals surface area contributed by atoms with Crippen LogP contribution in [0.25, 0.3) is 0 Å². The van der Waals surface area contributed by atoms with E-state index in [1.54, 1.807) is 0 Å². The summed E-state index contributed by atoms with van der Waals surface area (Å²) < 4.78 is 68.4. The molecule has 6 atom stereocenters. The largest absolute Gasteiger partial charge is 0.472 e. The highest BCUT2D eigenvalue weighted by Gasteiger charge is 2.30. The summed E-state index contributed by atoms with van der Waals surface area (Å²) in [5.74, 6) is 0.0767. The molecule has 0 aliphatic heterocycles. The first-order chi connectivity index (χ1) is 45.3. The normalized spacial score (nSPS) is 14.6. The third-order valence-electron chi connectivity index (χ3n) is 17.1. The zero-order valence-electron chi connectivity index (χ0n) is 60.9. The molecule has 0 spiro atoms. The van der Waals surface area contributed by atoms with Crippen molar-refractivity contribution in [2.24, 2.45) is 17.8 Å². The predicted octanol–water partition coefficient (Wildman–Crippen LogP) is 21.3. The molecule has 0 aliphatic carbocycles. The molecule has 0 heterocycles. The van der Waals surface area contributed by atoms with Crippen LogP contribution in [0, 0.1) is 17.8 Å². The molecule has 0 aliphatic rings. The molecule has 17 nitrogen and oxygen atoms in total. The molecular formula is C75H142O17P2. The highest BCUT2D eigenvalue weighted by molar-refractivity contribution is 7.47. The zero-order chi connectivity index (χ0) is 69.4. The fourth-order valence-corrected chi connectivity index (χ4v) is 12.4. The van der Waals surface area contributed by atoms with Crippen molar-refractivity contribution in [1.29, 1.82) is 0 Å². The first kappa shape index (κ1) is 91.5. The minimum atomic E-state index is -4.96. The van der Waals surface area contributed by atoms with Gasteiger partial charge in [0.05, 0.1) is 26.4 Å². The average Bonchev–Trinajstić information content (AvgIpc) is 1.85. The molecule has 554 valence electrons. The van der Waals surface area contributed by atoms with E-state index in [0.717, 1.165) is 121 Å². The van der Waals surface area contributed by atoms with Crippen molar-refractivity contribution in [3.63, 3.8) is 0 Å². The van der Waals surface area contributed by atoms with Crippen LogP contribution in [-0.4, -0.2) is 96.7 Å². The number of esters is 4. The minimum absolute atomic E-state index is 0.0838. The van der Waals surface area contributed by atoms with E-state index in [-0.39, 0.29) is 25.7 Å². The van der Waals surface area contributed by atoms with E-state index >= 15 is 0 Å². The molecule has 0 radical (unpaired) electrons. The Morgan fingerprint density at radius 3 is 0.947 bits per heavy atom. The topological polar surface area (TPSA) is 237 Å². The van der Waals surface area contributed by atoms with E-state index in [4.69, 9.17) is 37.0 Å². The maximum atomic E-state index is 13.0. The second kappa shape index (κ2) is 65.2. The van der Waals surface area contributed by atoms with E-state index < -0.39 is 97.5 Å². The lowest BCUT2D eigenvalue weighted by Crippen LogP contribution is -2.30. The number of ether oxygens (including phenoxy) is 4. The summed E-state index contributed by atoms with van der Waals surface area (Å²) >= 11 is 0. The van der Waals surface area contributed by atoms with Crippen molar-refractivity contribution in [2.45, 2.75) is 375 Å². The van der Waals surface area contributed by atoms with Gasteiger partial charge >= 0.3 is 39.5 Å². The first-order valence-electron chi connectivity index (χ1n) is 38.2. The van der Waals surface area contributed by atoms with Crippen molar-refractivity contribution in [2.75, 3.05) is 39.6 Å². The van der Waals surface area contributed by atoms with Crippen molar-refractivity contribution in [1.82, 2.24) is 0 Å². The summed E-state index contributed by atoms with van der Waals surface area (Å²) in [4.78, 5) is 72.7. The van der Waals surface area contributed by atoms with Crippen LogP contribution in [0.2, 0.25) is 0 Å². The number of rotatable bonds is 71. The molecule has 4 unspecified atom stereocenters. The quantitative estimate of drug-likeness (QED) is 0.0169. The number of carbonyl (C=O) groups is 4. The van der Waals surface area contributed by atoms with Crippen molar-refractivity contribution in [3.8, 4) is 0 Å². The zero-order valence-corrected chi connectivity index (χ0v) is 62.7. The number of unbranched alkanes of at least 4 members (excludes halogenated alkanes) is 35. The van der Waals surface area contributed by atoms with Crippen LogP contribution >= 0.6 is 15.6 Å². The SMILES string of the molecule is CCCCCC/C=C\C=C/CCCCCCCC(=O)O[C@H](COC(=O)CCCCCCCCCC(C)C)COP(=O)(O)OCC(O)COP(=O)(O)OC[C@@H](COC(=O)CCCCCCCCCCCCCCCCCCC(C)C)OC(=O)CCCCCCCCC(C)CC. The number of phosphoric ester groups is 2. The van der Waals surface area contributed by atoms with E-state index in [0.29, 0.717) is 31.6 Å². The van der Waals surface area contributed by atoms with Gasteiger partial charge in [0.2, 0.25) is 0 Å². The Balaban J connectivity index is 5.21. The Morgan fingerprint density at radius 1 is 0.351 bits per heavy atom. The van der Waals surface area contributed by atoms with Crippen LogP contribution in [0.15, 0.2) is 24.3 Å². The summed E-state index contributed by atoms with van der Waals surface area (Å²) in [6, 6.07) is 0. The standard InChI is InChI=1S/C75H142O17P2/c1-8-10-11-12-13-14-15-16-19-24-27-30-35-44-51-58-74(79)91-70(62-86-73(78)57-50-43-36-31-33-40-47-54-67(5)6)64-89-93(81,82)87-60-69(76)61-88-94(83,84)90-65-71(92-75(80)59-52-45-38-37-41-48-55-68(7)9-2)63-85-72(77)56-49-42-34-29-26-23-21-18-17-20-22-25-28-32-39-46-53-66(3)4/h14-16,19,66-71,76H,8-13,17-18,20-65H2,1-7H3,(H,81,82)(H,83,84)/b15-14-,19-16-/t68?,69?,70-,71-/m1/s1.